The highest BCUT2D eigenvalue weighted by Crippen LogP contribution is 2.32. The summed E-state index contributed by atoms with van der Waals surface area (Å²) in [6, 6.07) is 8.26. The Labute approximate surface area is 165 Å². The number of rotatable bonds is 4. The van der Waals surface area contributed by atoms with Crippen LogP contribution in [0.5, 0.6) is 0 Å². The van der Waals surface area contributed by atoms with E-state index in [4.69, 9.17) is 0 Å². The first kappa shape index (κ1) is 18.3. The minimum atomic E-state index is -0.0918. The van der Waals surface area contributed by atoms with Gasteiger partial charge in [-0.15, -0.1) is 23.1 Å². The molecule has 5 nitrogen and oxygen atoms in total. The van der Waals surface area contributed by atoms with Crippen LogP contribution in [0.4, 0.5) is 5.69 Å². The molecule has 0 aliphatic carbocycles. The monoisotopic (exact) mass is 399 g/mol. The lowest BCUT2D eigenvalue weighted by molar-refractivity contribution is -0.116. The average molecular weight is 400 g/mol. The zero-order valence-electron chi connectivity index (χ0n) is 15.5. The molecule has 1 N–H and O–H groups in total. The molecule has 140 valence electrons. The van der Waals surface area contributed by atoms with E-state index in [1.54, 1.807) is 11.3 Å². The van der Waals surface area contributed by atoms with Crippen LogP contribution in [0.3, 0.4) is 0 Å². The predicted molar refractivity (Wildman–Crippen MR) is 113 cm³/mol. The number of thioether (sulfide) groups is 1. The first-order chi connectivity index (χ1) is 13.0. The SMILES string of the molecule is Cc1sc2nc(CSCC(=O)N3c4ccccc4C[C@@H]3C)[nH]c(=O)c2c1C. The van der Waals surface area contributed by atoms with Crippen LogP contribution in [0.25, 0.3) is 10.2 Å². The molecule has 1 aliphatic heterocycles. The third-order valence-electron chi connectivity index (χ3n) is 5.03. The fourth-order valence-electron chi connectivity index (χ4n) is 3.62. The lowest BCUT2D eigenvalue weighted by atomic mass is 10.1. The number of hydrogen-bond donors (Lipinski definition) is 1. The smallest absolute Gasteiger partial charge is 0.259 e. The van der Waals surface area contributed by atoms with Crippen molar-refractivity contribution in [1.82, 2.24) is 9.97 Å². The molecule has 7 heteroatoms. The third kappa shape index (κ3) is 3.30. The van der Waals surface area contributed by atoms with Gasteiger partial charge in [0.05, 0.1) is 16.9 Å². The molecule has 0 saturated carbocycles. The van der Waals surface area contributed by atoms with Crippen LogP contribution >= 0.6 is 23.1 Å². The minimum Gasteiger partial charge on any atom is -0.309 e. The molecule has 0 unspecified atom stereocenters. The van der Waals surface area contributed by atoms with Crippen molar-refractivity contribution in [2.45, 2.75) is 39.0 Å². The molecule has 3 heterocycles. The lowest BCUT2D eigenvalue weighted by Crippen LogP contribution is -2.37. The number of nitrogens with zero attached hydrogens (tertiary/aromatic N) is 2. The van der Waals surface area contributed by atoms with Crippen LogP contribution in [0, 0.1) is 13.8 Å². The summed E-state index contributed by atoms with van der Waals surface area (Å²) in [7, 11) is 0. The van der Waals surface area contributed by atoms with Crippen LogP contribution in [0.1, 0.15) is 28.8 Å². The summed E-state index contributed by atoms with van der Waals surface area (Å²) in [5.74, 6) is 1.60. The molecule has 1 aliphatic rings. The van der Waals surface area contributed by atoms with Gasteiger partial charge in [0.25, 0.3) is 5.56 Å². The summed E-state index contributed by atoms with van der Waals surface area (Å²) in [6.07, 6.45) is 0.898. The van der Waals surface area contributed by atoms with Gasteiger partial charge in [-0.3, -0.25) is 9.59 Å². The van der Waals surface area contributed by atoms with E-state index in [1.165, 1.54) is 17.3 Å². The standard InChI is InChI=1S/C20H21N3O2S2/c1-11-8-14-6-4-5-7-15(14)23(11)17(24)10-26-9-16-21-19(25)18-12(2)13(3)27-20(18)22-16/h4-7,11H,8-10H2,1-3H3,(H,21,22,25)/t11-/m0/s1. The molecule has 1 amide bonds. The Morgan fingerprint density at radius 3 is 2.96 bits per heavy atom. The fraction of sp³-hybridized carbons (Fsp3) is 0.350. The molecular weight excluding hydrogens is 378 g/mol. The normalized spacial score (nSPS) is 16.1. The van der Waals surface area contributed by atoms with E-state index in [9.17, 15) is 9.59 Å². The molecule has 0 fully saturated rings. The van der Waals surface area contributed by atoms with E-state index in [0.29, 0.717) is 22.7 Å². The first-order valence-corrected chi connectivity index (χ1v) is 10.9. The van der Waals surface area contributed by atoms with Gasteiger partial charge in [-0.2, -0.15) is 0 Å². The highest BCUT2D eigenvalue weighted by Gasteiger charge is 2.30. The highest BCUT2D eigenvalue weighted by atomic mass is 32.2. The Morgan fingerprint density at radius 1 is 1.37 bits per heavy atom. The number of aromatic nitrogens is 2. The number of para-hydroxylation sites is 1. The number of fused-ring (bicyclic) bond motifs is 2. The van der Waals surface area contributed by atoms with Crippen molar-refractivity contribution in [3.05, 3.63) is 56.4 Å². The number of thiophene rings is 1. The molecule has 0 radical (unpaired) electrons. The number of carbonyl (C=O) groups is 1. The van der Waals surface area contributed by atoms with Crippen molar-refractivity contribution in [1.29, 1.82) is 0 Å². The molecular formula is C20H21N3O2S2. The van der Waals surface area contributed by atoms with E-state index < -0.39 is 0 Å². The van der Waals surface area contributed by atoms with E-state index in [2.05, 4.69) is 23.0 Å². The number of H-pyrrole nitrogens is 1. The molecule has 0 saturated heterocycles. The van der Waals surface area contributed by atoms with Gasteiger partial charge in [0.1, 0.15) is 10.7 Å². The van der Waals surface area contributed by atoms with Gasteiger partial charge in [0.15, 0.2) is 0 Å². The number of aromatic amines is 1. The number of benzene rings is 1. The van der Waals surface area contributed by atoms with Crippen LogP contribution in [-0.4, -0.2) is 27.7 Å². The van der Waals surface area contributed by atoms with E-state index in [0.717, 1.165) is 27.4 Å². The molecule has 2 aromatic heterocycles. The van der Waals surface area contributed by atoms with Gasteiger partial charge < -0.3 is 9.88 Å². The second-order valence-electron chi connectivity index (χ2n) is 6.91. The minimum absolute atomic E-state index is 0.0918. The van der Waals surface area contributed by atoms with Crippen molar-refractivity contribution in [3.8, 4) is 0 Å². The lowest BCUT2D eigenvalue weighted by Gasteiger charge is -2.22. The maximum absolute atomic E-state index is 12.8. The number of nitrogens with one attached hydrogen (secondary N) is 1. The van der Waals surface area contributed by atoms with E-state index in [-0.39, 0.29) is 17.5 Å². The Hall–Kier alpha value is -2.12. The van der Waals surface area contributed by atoms with Gasteiger partial charge in [-0.1, -0.05) is 18.2 Å². The number of anilines is 1. The number of carbonyl (C=O) groups excluding carboxylic acids is 1. The summed E-state index contributed by atoms with van der Waals surface area (Å²) in [5.41, 5.74) is 3.15. The number of hydrogen-bond acceptors (Lipinski definition) is 5. The van der Waals surface area contributed by atoms with Crippen LogP contribution in [0.2, 0.25) is 0 Å². The molecule has 3 aromatic rings. The summed E-state index contributed by atoms with van der Waals surface area (Å²) in [5, 5.41) is 0.685. The molecule has 1 aromatic carbocycles. The van der Waals surface area contributed by atoms with Crippen molar-refractivity contribution < 1.29 is 4.79 Å². The van der Waals surface area contributed by atoms with Gasteiger partial charge in [0, 0.05) is 16.6 Å². The Morgan fingerprint density at radius 2 is 2.15 bits per heavy atom. The summed E-state index contributed by atoms with van der Waals surface area (Å²) < 4.78 is 0. The van der Waals surface area contributed by atoms with Crippen molar-refractivity contribution >= 4 is 44.9 Å². The van der Waals surface area contributed by atoms with Crippen molar-refractivity contribution in [3.63, 3.8) is 0 Å². The summed E-state index contributed by atoms with van der Waals surface area (Å²) in [6.45, 7) is 6.04. The average Bonchev–Trinajstić information content (AvgIpc) is 3.10. The largest absolute Gasteiger partial charge is 0.309 e. The first-order valence-electron chi connectivity index (χ1n) is 8.92. The fourth-order valence-corrected chi connectivity index (χ4v) is 5.41. The van der Waals surface area contributed by atoms with Crippen molar-refractivity contribution in [2.24, 2.45) is 0 Å². The summed E-state index contributed by atoms with van der Waals surface area (Å²) in [4.78, 5) is 36.3. The molecule has 1 atom stereocenters. The van der Waals surface area contributed by atoms with Crippen LogP contribution < -0.4 is 10.5 Å². The van der Waals surface area contributed by atoms with E-state index in [1.807, 2.05) is 36.9 Å². The Bertz CT molecular complexity index is 1090. The predicted octanol–water partition coefficient (Wildman–Crippen LogP) is 3.81. The number of aryl methyl sites for hydroxylation is 2. The molecule has 4 rings (SSSR count). The van der Waals surface area contributed by atoms with Gasteiger partial charge in [-0.05, 0) is 44.4 Å². The molecule has 0 bridgehead atoms. The van der Waals surface area contributed by atoms with Gasteiger partial charge >= 0.3 is 0 Å². The Balaban J connectivity index is 1.45. The molecule has 0 spiro atoms. The van der Waals surface area contributed by atoms with Gasteiger partial charge in [0.2, 0.25) is 5.91 Å². The van der Waals surface area contributed by atoms with Gasteiger partial charge in [-0.25, -0.2) is 4.98 Å². The maximum atomic E-state index is 12.8. The molecule has 27 heavy (non-hydrogen) atoms. The zero-order chi connectivity index (χ0) is 19.1. The Kier molecular flexibility index (Phi) is 4.82. The summed E-state index contributed by atoms with van der Waals surface area (Å²) >= 11 is 3.03. The second kappa shape index (κ2) is 7.13. The van der Waals surface area contributed by atoms with Crippen molar-refractivity contribution in [2.75, 3.05) is 10.7 Å². The maximum Gasteiger partial charge on any atom is 0.259 e. The zero-order valence-corrected chi connectivity index (χ0v) is 17.2. The highest BCUT2D eigenvalue weighted by molar-refractivity contribution is 7.99. The second-order valence-corrected chi connectivity index (χ2v) is 9.10. The number of amides is 1. The third-order valence-corrected chi connectivity index (χ3v) is 7.06. The quantitative estimate of drug-likeness (QED) is 0.724. The van der Waals surface area contributed by atoms with Crippen LogP contribution in [-0.2, 0) is 17.0 Å². The van der Waals surface area contributed by atoms with E-state index >= 15 is 0 Å². The van der Waals surface area contributed by atoms with Crippen LogP contribution in [0.15, 0.2) is 29.1 Å². The topological polar surface area (TPSA) is 66.1 Å².